The van der Waals surface area contributed by atoms with Crippen molar-refractivity contribution in [3.63, 3.8) is 0 Å². The standard InChI is InChI=1S/C18H17NO3S.ClH/c1-11-7-15(23-16(11)12-5-3-2-4-6-12)17(20)19-8-13-10-22-18(21)14(13)9-19;/h2-7,13-14H,8-10H2,1H3;1H/t13-,14-;/m1./s1. The van der Waals surface area contributed by atoms with E-state index in [1.807, 2.05) is 31.2 Å². The fourth-order valence-corrected chi connectivity index (χ4v) is 4.53. The first kappa shape index (κ1) is 17.0. The molecule has 2 atom stereocenters. The van der Waals surface area contributed by atoms with Crippen LogP contribution in [0.2, 0.25) is 0 Å². The number of carbonyl (C=O) groups excluding carboxylic acids is 2. The van der Waals surface area contributed by atoms with Gasteiger partial charge in [0.25, 0.3) is 5.91 Å². The van der Waals surface area contributed by atoms with Crippen molar-refractivity contribution < 1.29 is 14.3 Å². The molecule has 2 fully saturated rings. The summed E-state index contributed by atoms with van der Waals surface area (Å²) in [6.45, 7) is 3.59. The molecule has 2 aromatic rings. The van der Waals surface area contributed by atoms with E-state index in [-0.39, 0.29) is 36.1 Å². The highest BCUT2D eigenvalue weighted by Gasteiger charge is 2.45. The summed E-state index contributed by atoms with van der Waals surface area (Å²) < 4.78 is 5.06. The van der Waals surface area contributed by atoms with E-state index in [0.29, 0.717) is 19.7 Å². The van der Waals surface area contributed by atoms with Crippen LogP contribution in [-0.4, -0.2) is 36.5 Å². The molecule has 0 aliphatic carbocycles. The number of esters is 1. The minimum Gasteiger partial charge on any atom is -0.465 e. The van der Waals surface area contributed by atoms with Gasteiger partial charge in [-0.1, -0.05) is 30.3 Å². The molecule has 0 spiro atoms. The van der Waals surface area contributed by atoms with Crippen LogP contribution in [0.3, 0.4) is 0 Å². The molecular weight excluding hydrogens is 346 g/mol. The first-order valence-electron chi connectivity index (χ1n) is 7.75. The maximum Gasteiger partial charge on any atom is 0.311 e. The van der Waals surface area contributed by atoms with Crippen molar-refractivity contribution in [1.29, 1.82) is 0 Å². The second kappa shape index (κ2) is 6.57. The van der Waals surface area contributed by atoms with E-state index in [9.17, 15) is 9.59 Å². The predicted molar refractivity (Wildman–Crippen MR) is 95.6 cm³/mol. The van der Waals surface area contributed by atoms with E-state index in [4.69, 9.17) is 4.74 Å². The third-order valence-electron chi connectivity index (χ3n) is 4.64. The Morgan fingerprint density at radius 1 is 1.25 bits per heavy atom. The predicted octanol–water partition coefficient (Wildman–Crippen LogP) is 3.39. The summed E-state index contributed by atoms with van der Waals surface area (Å²) in [6.07, 6.45) is 0. The van der Waals surface area contributed by atoms with Gasteiger partial charge in [-0.15, -0.1) is 23.7 Å². The number of halogens is 1. The molecule has 4 rings (SSSR count). The van der Waals surface area contributed by atoms with E-state index in [0.717, 1.165) is 20.9 Å². The number of nitrogens with zero attached hydrogens (tertiary/aromatic N) is 1. The Morgan fingerprint density at radius 3 is 2.71 bits per heavy atom. The lowest BCUT2D eigenvalue weighted by Gasteiger charge is -2.15. The third-order valence-corrected chi connectivity index (χ3v) is 5.91. The first-order chi connectivity index (χ1) is 11.1. The van der Waals surface area contributed by atoms with Crippen LogP contribution in [0.4, 0.5) is 0 Å². The first-order valence-corrected chi connectivity index (χ1v) is 8.57. The Labute approximate surface area is 150 Å². The van der Waals surface area contributed by atoms with Crippen LogP contribution < -0.4 is 0 Å². The molecule has 0 saturated carbocycles. The third kappa shape index (κ3) is 2.82. The number of likely N-dealkylation sites (tertiary alicyclic amines) is 1. The summed E-state index contributed by atoms with van der Waals surface area (Å²) in [5.41, 5.74) is 2.25. The quantitative estimate of drug-likeness (QED) is 0.768. The van der Waals surface area contributed by atoms with Crippen molar-refractivity contribution in [3.05, 3.63) is 46.8 Å². The van der Waals surface area contributed by atoms with Gasteiger partial charge in [0.15, 0.2) is 0 Å². The Morgan fingerprint density at radius 2 is 2.00 bits per heavy atom. The van der Waals surface area contributed by atoms with Gasteiger partial charge in [0.2, 0.25) is 0 Å². The highest BCUT2D eigenvalue weighted by atomic mass is 35.5. The highest BCUT2D eigenvalue weighted by Crippen LogP contribution is 2.35. The molecule has 126 valence electrons. The van der Waals surface area contributed by atoms with Crippen molar-refractivity contribution in [2.24, 2.45) is 11.8 Å². The largest absolute Gasteiger partial charge is 0.465 e. The van der Waals surface area contributed by atoms with Crippen LogP contribution in [0.25, 0.3) is 10.4 Å². The van der Waals surface area contributed by atoms with Gasteiger partial charge in [-0.3, -0.25) is 9.59 Å². The summed E-state index contributed by atoms with van der Waals surface area (Å²) >= 11 is 1.53. The van der Waals surface area contributed by atoms with Crippen molar-refractivity contribution >= 4 is 35.6 Å². The number of thiophene rings is 1. The molecule has 2 aliphatic heterocycles. The minimum atomic E-state index is -0.155. The van der Waals surface area contributed by atoms with E-state index >= 15 is 0 Å². The maximum absolute atomic E-state index is 12.8. The summed E-state index contributed by atoms with van der Waals surface area (Å²) in [5.74, 6) is -0.0881. The van der Waals surface area contributed by atoms with Crippen molar-refractivity contribution in [1.82, 2.24) is 4.90 Å². The molecule has 0 N–H and O–H groups in total. The lowest BCUT2D eigenvalue weighted by atomic mass is 10.0. The van der Waals surface area contributed by atoms with Gasteiger partial charge < -0.3 is 9.64 Å². The van der Waals surface area contributed by atoms with E-state index in [1.54, 1.807) is 4.90 Å². The van der Waals surface area contributed by atoms with Crippen molar-refractivity contribution in [2.75, 3.05) is 19.7 Å². The average Bonchev–Trinajstić information content (AvgIpc) is 3.24. The van der Waals surface area contributed by atoms with Gasteiger partial charge in [-0.25, -0.2) is 0 Å². The van der Waals surface area contributed by atoms with Crippen LogP contribution in [0.15, 0.2) is 36.4 Å². The molecule has 2 aliphatic rings. The Kier molecular flexibility index (Phi) is 4.65. The number of hydrogen-bond donors (Lipinski definition) is 0. The molecule has 2 saturated heterocycles. The van der Waals surface area contributed by atoms with Gasteiger partial charge in [0, 0.05) is 23.9 Å². The van der Waals surface area contributed by atoms with E-state index in [2.05, 4.69) is 12.1 Å². The smallest absolute Gasteiger partial charge is 0.311 e. The lowest BCUT2D eigenvalue weighted by Crippen LogP contribution is -2.30. The van der Waals surface area contributed by atoms with Crippen LogP contribution in [-0.2, 0) is 9.53 Å². The van der Waals surface area contributed by atoms with E-state index in [1.165, 1.54) is 11.3 Å². The lowest BCUT2D eigenvalue weighted by molar-refractivity contribution is -0.141. The fraction of sp³-hybridized carbons (Fsp3) is 0.333. The molecular formula is C18H18ClNO3S. The molecule has 1 aromatic heterocycles. The topological polar surface area (TPSA) is 46.6 Å². The number of benzene rings is 1. The van der Waals surface area contributed by atoms with Gasteiger partial charge in [0.05, 0.1) is 17.4 Å². The molecule has 3 heterocycles. The zero-order chi connectivity index (χ0) is 16.0. The molecule has 1 amide bonds. The maximum atomic E-state index is 12.8. The van der Waals surface area contributed by atoms with Gasteiger partial charge in [-0.05, 0) is 24.1 Å². The van der Waals surface area contributed by atoms with Gasteiger partial charge in [-0.2, -0.15) is 0 Å². The SMILES string of the molecule is Cc1cc(C(=O)N2C[C@@H]3COC(=O)[C@@H]3C2)sc1-c1ccccc1.Cl. The highest BCUT2D eigenvalue weighted by molar-refractivity contribution is 7.17. The average molecular weight is 364 g/mol. The number of ether oxygens (including phenoxy) is 1. The minimum absolute atomic E-state index is 0. The summed E-state index contributed by atoms with van der Waals surface area (Å²) in [4.78, 5) is 28.1. The summed E-state index contributed by atoms with van der Waals surface area (Å²) in [7, 11) is 0. The summed E-state index contributed by atoms with van der Waals surface area (Å²) in [5, 5.41) is 0. The van der Waals surface area contributed by atoms with E-state index < -0.39 is 0 Å². The van der Waals surface area contributed by atoms with Crippen LogP contribution in [0.1, 0.15) is 15.2 Å². The van der Waals surface area contributed by atoms with Crippen LogP contribution in [0, 0.1) is 18.8 Å². The number of amides is 1. The number of hydrogen-bond acceptors (Lipinski definition) is 4. The monoisotopic (exact) mass is 363 g/mol. The molecule has 6 heteroatoms. The zero-order valence-corrected chi connectivity index (χ0v) is 14.9. The number of carbonyl (C=O) groups is 2. The molecule has 1 aromatic carbocycles. The molecule has 0 bridgehead atoms. The molecule has 0 unspecified atom stereocenters. The molecule has 24 heavy (non-hydrogen) atoms. The zero-order valence-electron chi connectivity index (χ0n) is 13.2. The number of fused-ring (bicyclic) bond motifs is 1. The number of cyclic esters (lactones) is 1. The van der Waals surface area contributed by atoms with Crippen LogP contribution in [0.5, 0.6) is 0 Å². The van der Waals surface area contributed by atoms with Gasteiger partial charge >= 0.3 is 5.97 Å². The second-order valence-corrected chi connectivity index (χ2v) is 7.25. The Bertz CT molecular complexity index is 774. The van der Waals surface area contributed by atoms with Gasteiger partial charge in [0.1, 0.15) is 0 Å². The normalized spacial score (nSPS) is 22.0. The van der Waals surface area contributed by atoms with Crippen LogP contribution >= 0.6 is 23.7 Å². The number of rotatable bonds is 2. The molecule has 4 nitrogen and oxygen atoms in total. The number of aryl methyl sites for hydroxylation is 1. The van der Waals surface area contributed by atoms with Crippen molar-refractivity contribution in [2.45, 2.75) is 6.92 Å². The Balaban J connectivity index is 0.00000169. The second-order valence-electron chi connectivity index (χ2n) is 6.20. The fourth-order valence-electron chi connectivity index (χ4n) is 3.39. The Hall–Kier alpha value is -1.85. The van der Waals surface area contributed by atoms with Crippen molar-refractivity contribution in [3.8, 4) is 10.4 Å². The summed E-state index contributed by atoms with van der Waals surface area (Å²) in [6, 6.07) is 12.1. The molecule has 0 radical (unpaired) electrons.